The van der Waals surface area contributed by atoms with Gasteiger partial charge in [0.15, 0.2) is 23.3 Å². The monoisotopic (exact) mass is 283 g/mol. The Morgan fingerprint density at radius 1 is 1.37 bits per heavy atom. The number of rotatable bonds is 2. The van der Waals surface area contributed by atoms with Gasteiger partial charge in [-0.15, -0.1) is 0 Å². The van der Waals surface area contributed by atoms with Gasteiger partial charge in [-0.1, -0.05) is 11.6 Å². The van der Waals surface area contributed by atoms with Gasteiger partial charge >= 0.3 is 0 Å². The van der Waals surface area contributed by atoms with Crippen molar-refractivity contribution in [2.24, 2.45) is 0 Å². The number of halogens is 3. The fraction of sp³-hybridized carbons (Fsp3) is 0.231. The van der Waals surface area contributed by atoms with Crippen molar-refractivity contribution in [3.8, 4) is 0 Å². The highest BCUT2D eigenvalue weighted by Crippen LogP contribution is 2.39. The van der Waals surface area contributed by atoms with Crippen LogP contribution in [0.1, 0.15) is 29.2 Å². The van der Waals surface area contributed by atoms with Crippen molar-refractivity contribution in [3.63, 3.8) is 0 Å². The Bertz CT molecular complexity index is 766. The van der Waals surface area contributed by atoms with Crippen LogP contribution in [0.2, 0.25) is 5.02 Å². The molecule has 0 spiro atoms. The molecule has 0 amide bonds. The molecule has 3 nitrogen and oxygen atoms in total. The number of benzene rings is 1. The van der Waals surface area contributed by atoms with Crippen LogP contribution in [-0.4, -0.2) is 10.9 Å². The Labute approximate surface area is 111 Å². The highest BCUT2D eigenvalue weighted by atomic mass is 35.5. The molecule has 1 fully saturated rings. The van der Waals surface area contributed by atoms with Crippen LogP contribution in [-0.2, 0) is 0 Å². The summed E-state index contributed by atoms with van der Waals surface area (Å²) in [5.74, 6) is -2.37. The van der Waals surface area contributed by atoms with Crippen LogP contribution < -0.4 is 5.43 Å². The Balaban J connectivity index is 2.53. The molecule has 0 saturated heterocycles. The maximum Gasteiger partial charge on any atom is 0.200 e. The summed E-state index contributed by atoms with van der Waals surface area (Å²) in [4.78, 5) is 22.9. The van der Waals surface area contributed by atoms with Crippen LogP contribution in [0.3, 0.4) is 0 Å². The van der Waals surface area contributed by atoms with E-state index in [9.17, 15) is 18.4 Å². The van der Waals surface area contributed by atoms with E-state index in [-0.39, 0.29) is 22.5 Å². The predicted octanol–water partition coefficient (Wildman–Crippen LogP) is 3.08. The SMILES string of the molecule is O=Cc1cn(C2CC2)c2c(Cl)c(F)c(F)cc2c1=O. The molecule has 0 aliphatic heterocycles. The number of fused-ring (bicyclic) bond motifs is 1. The second-order valence-corrected chi connectivity index (χ2v) is 4.93. The summed E-state index contributed by atoms with van der Waals surface area (Å²) < 4.78 is 28.5. The summed E-state index contributed by atoms with van der Waals surface area (Å²) in [5.41, 5.74) is -0.567. The molecule has 0 atom stereocenters. The number of carbonyl (C=O) groups excluding carboxylic acids is 1. The van der Waals surface area contributed by atoms with Gasteiger partial charge in [0.1, 0.15) is 5.02 Å². The molecule has 2 aromatic rings. The molecule has 1 saturated carbocycles. The second-order valence-electron chi connectivity index (χ2n) is 4.55. The van der Waals surface area contributed by atoms with Crippen molar-refractivity contribution in [2.45, 2.75) is 18.9 Å². The fourth-order valence-corrected chi connectivity index (χ4v) is 2.45. The third-order valence-corrected chi connectivity index (χ3v) is 3.59. The minimum Gasteiger partial charge on any atom is -0.342 e. The Morgan fingerprint density at radius 2 is 2.05 bits per heavy atom. The zero-order valence-electron chi connectivity index (χ0n) is 9.62. The fourth-order valence-electron chi connectivity index (χ4n) is 2.16. The van der Waals surface area contributed by atoms with Crippen molar-refractivity contribution in [1.82, 2.24) is 4.57 Å². The summed E-state index contributed by atoms with van der Waals surface area (Å²) >= 11 is 5.81. The van der Waals surface area contributed by atoms with Crippen molar-refractivity contribution >= 4 is 28.8 Å². The topological polar surface area (TPSA) is 39.1 Å². The van der Waals surface area contributed by atoms with Crippen LogP contribution in [0.25, 0.3) is 10.9 Å². The first-order valence-corrected chi connectivity index (χ1v) is 6.10. The van der Waals surface area contributed by atoms with E-state index in [1.165, 1.54) is 6.20 Å². The number of aromatic nitrogens is 1. The number of pyridine rings is 1. The first kappa shape index (κ1) is 12.3. The van der Waals surface area contributed by atoms with Gasteiger partial charge < -0.3 is 4.57 Å². The van der Waals surface area contributed by atoms with E-state index < -0.39 is 22.1 Å². The average molecular weight is 284 g/mol. The lowest BCUT2D eigenvalue weighted by Crippen LogP contribution is -2.15. The van der Waals surface area contributed by atoms with Gasteiger partial charge in [-0.2, -0.15) is 0 Å². The lowest BCUT2D eigenvalue weighted by Gasteiger charge is -2.13. The largest absolute Gasteiger partial charge is 0.342 e. The van der Waals surface area contributed by atoms with Crippen LogP contribution in [0.5, 0.6) is 0 Å². The highest BCUT2D eigenvalue weighted by Gasteiger charge is 2.28. The third kappa shape index (κ3) is 1.76. The van der Waals surface area contributed by atoms with E-state index in [1.807, 2.05) is 0 Å². The molecular weight excluding hydrogens is 276 g/mol. The van der Waals surface area contributed by atoms with Gasteiger partial charge in [-0.3, -0.25) is 9.59 Å². The minimum atomic E-state index is -1.19. The standard InChI is InChI=1S/C13H8ClF2NO2/c14-10-11(16)9(15)3-8-12(10)17(7-1-2-7)4-6(5-18)13(8)19/h3-5,7H,1-2H2. The van der Waals surface area contributed by atoms with Crippen molar-refractivity contribution in [3.05, 3.63) is 44.7 Å². The molecule has 1 aromatic heterocycles. The van der Waals surface area contributed by atoms with Crippen molar-refractivity contribution in [2.75, 3.05) is 0 Å². The molecule has 98 valence electrons. The maximum absolute atomic E-state index is 13.5. The number of hydrogen-bond acceptors (Lipinski definition) is 2. The minimum absolute atomic E-state index is 0.0691. The molecule has 1 aromatic carbocycles. The molecule has 3 rings (SSSR count). The summed E-state index contributed by atoms with van der Waals surface area (Å²) in [6.45, 7) is 0. The Morgan fingerprint density at radius 3 is 2.63 bits per heavy atom. The van der Waals surface area contributed by atoms with E-state index in [1.54, 1.807) is 4.57 Å². The van der Waals surface area contributed by atoms with Gasteiger partial charge in [-0.25, -0.2) is 8.78 Å². The number of carbonyl (C=O) groups is 1. The second kappa shape index (κ2) is 4.13. The maximum atomic E-state index is 13.5. The zero-order chi connectivity index (χ0) is 13.7. The number of hydrogen-bond donors (Lipinski definition) is 0. The van der Waals surface area contributed by atoms with E-state index in [0.717, 1.165) is 18.9 Å². The van der Waals surface area contributed by atoms with Crippen LogP contribution >= 0.6 is 11.6 Å². The van der Waals surface area contributed by atoms with Gasteiger partial charge in [0, 0.05) is 12.2 Å². The Kier molecular flexibility index (Phi) is 2.67. The highest BCUT2D eigenvalue weighted by molar-refractivity contribution is 6.35. The molecule has 0 bridgehead atoms. The quantitative estimate of drug-likeness (QED) is 0.627. The first-order valence-electron chi connectivity index (χ1n) is 5.72. The van der Waals surface area contributed by atoms with E-state index >= 15 is 0 Å². The average Bonchev–Trinajstić information content (AvgIpc) is 3.21. The normalized spacial score (nSPS) is 14.9. The van der Waals surface area contributed by atoms with Crippen LogP contribution in [0.4, 0.5) is 8.78 Å². The van der Waals surface area contributed by atoms with E-state index in [4.69, 9.17) is 11.6 Å². The lowest BCUT2D eigenvalue weighted by molar-refractivity contribution is 0.112. The molecule has 0 N–H and O–H groups in total. The van der Waals surface area contributed by atoms with Crippen molar-refractivity contribution < 1.29 is 13.6 Å². The van der Waals surface area contributed by atoms with E-state index in [2.05, 4.69) is 0 Å². The molecule has 1 heterocycles. The summed E-state index contributed by atoms with van der Waals surface area (Å²) in [7, 11) is 0. The molecule has 1 aliphatic rings. The summed E-state index contributed by atoms with van der Waals surface area (Å²) in [6.07, 6.45) is 3.48. The molecular formula is C13H8ClF2NO2. The van der Waals surface area contributed by atoms with Gasteiger partial charge in [0.05, 0.1) is 16.5 Å². The summed E-state index contributed by atoms with van der Waals surface area (Å²) in [5, 5.41) is -0.489. The zero-order valence-corrected chi connectivity index (χ0v) is 10.4. The van der Waals surface area contributed by atoms with E-state index in [0.29, 0.717) is 6.29 Å². The summed E-state index contributed by atoms with van der Waals surface area (Å²) in [6, 6.07) is 0.870. The molecule has 0 radical (unpaired) electrons. The van der Waals surface area contributed by atoms with Crippen molar-refractivity contribution in [1.29, 1.82) is 0 Å². The lowest BCUT2D eigenvalue weighted by atomic mass is 10.1. The molecule has 6 heteroatoms. The van der Waals surface area contributed by atoms with Crippen LogP contribution in [0, 0.1) is 11.6 Å². The molecule has 19 heavy (non-hydrogen) atoms. The number of aldehydes is 1. The molecule has 0 unspecified atom stereocenters. The molecule has 1 aliphatic carbocycles. The number of nitrogens with zero attached hydrogens (tertiary/aromatic N) is 1. The van der Waals surface area contributed by atoms with Gasteiger partial charge in [0.25, 0.3) is 0 Å². The predicted molar refractivity (Wildman–Crippen MR) is 66.8 cm³/mol. The Hall–Kier alpha value is -1.75. The van der Waals surface area contributed by atoms with Gasteiger partial charge in [-0.05, 0) is 18.9 Å². The first-order chi connectivity index (χ1) is 9.04. The third-order valence-electron chi connectivity index (χ3n) is 3.25. The smallest absolute Gasteiger partial charge is 0.200 e. The van der Waals surface area contributed by atoms with Gasteiger partial charge in [0.2, 0.25) is 0 Å². The van der Waals surface area contributed by atoms with Crippen LogP contribution in [0.15, 0.2) is 17.1 Å².